The molecule has 0 amide bonds. The number of carbonyl (C=O) groups excluding carboxylic acids is 1. The molecule has 0 unspecified atom stereocenters. The zero-order valence-corrected chi connectivity index (χ0v) is 11.9. The monoisotopic (exact) mass is 292 g/mol. The smallest absolute Gasteiger partial charge is 0.337 e. The first-order valence-corrected chi connectivity index (χ1v) is 5.45. The Labute approximate surface area is 120 Å². The highest BCUT2D eigenvalue weighted by Gasteiger charge is 2.11. The summed E-state index contributed by atoms with van der Waals surface area (Å²) >= 11 is 0. The number of piperazine rings is 1. The number of hydrogen-bond acceptors (Lipinski definition) is 4. The van der Waals surface area contributed by atoms with Crippen molar-refractivity contribution in [1.29, 1.82) is 0 Å². The predicted octanol–water partition coefficient (Wildman–Crippen LogP) is 1.73. The third-order valence-corrected chi connectivity index (χ3v) is 2.77. The number of rotatable bonds is 2. The van der Waals surface area contributed by atoms with Gasteiger partial charge in [0.15, 0.2) is 0 Å². The maximum atomic E-state index is 11.3. The molecule has 0 aromatic heterocycles. The average molecular weight is 293 g/mol. The molecule has 0 bridgehead atoms. The fraction of sp³-hybridized carbons (Fsp3) is 0.417. The molecule has 1 fully saturated rings. The molecular weight excluding hydrogens is 275 g/mol. The van der Waals surface area contributed by atoms with E-state index < -0.39 is 0 Å². The first-order chi connectivity index (χ1) is 7.81. The Morgan fingerprint density at radius 2 is 1.72 bits per heavy atom. The van der Waals surface area contributed by atoms with Gasteiger partial charge in [0, 0.05) is 31.9 Å². The van der Waals surface area contributed by atoms with Crippen molar-refractivity contribution in [2.24, 2.45) is 0 Å². The fourth-order valence-corrected chi connectivity index (χ4v) is 1.85. The van der Waals surface area contributed by atoms with Crippen molar-refractivity contribution in [3.63, 3.8) is 0 Å². The second kappa shape index (κ2) is 8.19. The summed E-state index contributed by atoms with van der Waals surface area (Å²) in [5.74, 6) is -0.285. The molecule has 4 nitrogen and oxygen atoms in total. The summed E-state index contributed by atoms with van der Waals surface area (Å²) in [7, 11) is 1.40. The van der Waals surface area contributed by atoms with Crippen molar-refractivity contribution >= 4 is 36.5 Å². The molecule has 0 spiro atoms. The molecule has 1 N–H and O–H groups in total. The lowest BCUT2D eigenvalue weighted by Crippen LogP contribution is -2.43. The fourth-order valence-electron chi connectivity index (χ4n) is 1.85. The third kappa shape index (κ3) is 4.05. The van der Waals surface area contributed by atoms with E-state index in [4.69, 9.17) is 0 Å². The zero-order chi connectivity index (χ0) is 11.4. The van der Waals surface area contributed by atoms with Gasteiger partial charge in [0.25, 0.3) is 0 Å². The number of halogens is 2. The van der Waals surface area contributed by atoms with E-state index in [-0.39, 0.29) is 30.8 Å². The van der Waals surface area contributed by atoms with Crippen LogP contribution in [-0.4, -0.2) is 39.3 Å². The zero-order valence-electron chi connectivity index (χ0n) is 10.2. The van der Waals surface area contributed by atoms with E-state index in [1.165, 1.54) is 7.11 Å². The van der Waals surface area contributed by atoms with E-state index in [1.54, 1.807) is 0 Å². The van der Waals surface area contributed by atoms with Gasteiger partial charge >= 0.3 is 5.97 Å². The van der Waals surface area contributed by atoms with Gasteiger partial charge in [-0.15, -0.1) is 24.8 Å². The quantitative estimate of drug-likeness (QED) is 0.843. The van der Waals surface area contributed by atoms with Crippen LogP contribution in [0.25, 0.3) is 0 Å². The molecule has 1 aromatic rings. The molecule has 1 heterocycles. The van der Waals surface area contributed by atoms with E-state index in [1.807, 2.05) is 24.3 Å². The van der Waals surface area contributed by atoms with Crippen LogP contribution in [0.2, 0.25) is 0 Å². The molecule has 6 heteroatoms. The number of ether oxygens (including phenoxy) is 1. The van der Waals surface area contributed by atoms with E-state index >= 15 is 0 Å². The Morgan fingerprint density at radius 1 is 1.17 bits per heavy atom. The molecular formula is C12H18Cl2N2O2. The number of methoxy groups -OCH3 is 1. The van der Waals surface area contributed by atoms with Crippen LogP contribution in [0.5, 0.6) is 0 Å². The maximum Gasteiger partial charge on any atom is 0.337 e. The van der Waals surface area contributed by atoms with Crippen LogP contribution < -0.4 is 10.2 Å². The van der Waals surface area contributed by atoms with Crippen molar-refractivity contribution in [2.75, 3.05) is 38.2 Å². The summed E-state index contributed by atoms with van der Waals surface area (Å²) in [5.41, 5.74) is 1.76. The summed E-state index contributed by atoms with van der Waals surface area (Å²) in [6, 6.07) is 7.56. The van der Waals surface area contributed by atoms with Gasteiger partial charge < -0.3 is 15.0 Å². The maximum absolute atomic E-state index is 11.3. The Bertz CT molecular complexity index is 365. The Balaban J connectivity index is 0.00000144. The van der Waals surface area contributed by atoms with Gasteiger partial charge in [-0.3, -0.25) is 0 Å². The lowest BCUT2D eigenvalue weighted by molar-refractivity contribution is 0.0601. The Kier molecular flexibility index (Phi) is 7.75. The summed E-state index contributed by atoms with van der Waals surface area (Å²) in [6.45, 7) is 4.05. The standard InChI is InChI=1S/C12H16N2O2.2ClH/c1-16-12(15)10-2-4-11(5-3-10)14-8-6-13-7-9-14;;/h2-5,13H,6-9H2,1H3;2*1H. The van der Waals surface area contributed by atoms with Gasteiger partial charge in [-0.25, -0.2) is 4.79 Å². The van der Waals surface area contributed by atoms with Crippen LogP contribution >= 0.6 is 24.8 Å². The first-order valence-electron chi connectivity index (χ1n) is 5.45. The van der Waals surface area contributed by atoms with Crippen LogP contribution in [-0.2, 0) is 4.74 Å². The number of benzene rings is 1. The van der Waals surface area contributed by atoms with Crippen molar-refractivity contribution in [2.45, 2.75) is 0 Å². The topological polar surface area (TPSA) is 41.6 Å². The van der Waals surface area contributed by atoms with Gasteiger partial charge in [0.05, 0.1) is 12.7 Å². The van der Waals surface area contributed by atoms with E-state index in [0.717, 1.165) is 31.9 Å². The molecule has 0 aliphatic carbocycles. The van der Waals surface area contributed by atoms with Crippen LogP contribution in [0.1, 0.15) is 10.4 Å². The third-order valence-electron chi connectivity index (χ3n) is 2.77. The van der Waals surface area contributed by atoms with Gasteiger partial charge in [0.1, 0.15) is 0 Å². The van der Waals surface area contributed by atoms with Crippen LogP contribution in [0, 0.1) is 0 Å². The number of nitrogens with zero attached hydrogens (tertiary/aromatic N) is 1. The largest absolute Gasteiger partial charge is 0.465 e. The minimum atomic E-state index is -0.285. The van der Waals surface area contributed by atoms with Gasteiger partial charge in [-0.2, -0.15) is 0 Å². The van der Waals surface area contributed by atoms with E-state index in [0.29, 0.717) is 5.56 Å². The summed E-state index contributed by atoms with van der Waals surface area (Å²) in [6.07, 6.45) is 0. The molecule has 1 aromatic carbocycles. The molecule has 1 saturated heterocycles. The van der Waals surface area contributed by atoms with Crippen molar-refractivity contribution in [1.82, 2.24) is 5.32 Å². The SMILES string of the molecule is COC(=O)c1ccc(N2CCNCC2)cc1.Cl.Cl. The van der Waals surface area contributed by atoms with E-state index in [9.17, 15) is 4.79 Å². The Morgan fingerprint density at radius 3 is 2.22 bits per heavy atom. The highest BCUT2D eigenvalue weighted by molar-refractivity contribution is 5.89. The van der Waals surface area contributed by atoms with E-state index in [2.05, 4.69) is 15.0 Å². The van der Waals surface area contributed by atoms with Crippen molar-refractivity contribution < 1.29 is 9.53 Å². The summed E-state index contributed by atoms with van der Waals surface area (Å²) in [5, 5.41) is 3.31. The van der Waals surface area contributed by atoms with Crippen LogP contribution in [0.15, 0.2) is 24.3 Å². The summed E-state index contributed by atoms with van der Waals surface area (Å²) in [4.78, 5) is 13.6. The highest BCUT2D eigenvalue weighted by Crippen LogP contribution is 2.16. The molecule has 2 rings (SSSR count). The molecule has 1 aliphatic rings. The average Bonchev–Trinajstić information content (AvgIpc) is 2.39. The number of anilines is 1. The Hall–Kier alpha value is -0.970. The molecule has 0 saturated carbocycles. The normalized spacial score (nSPS) is 14.2. The second-order valence-corrected chi connectivity index (χ2v) is 3.78. The lowest BCUT2D eigenvalue weighted by Gasteiger charge is -2.29. The molecule has 0 atom stereocenters. The van der Waals surface area contributed by atoms with Crippen molar-refractivity contribution in [3.05, 3.63) is 29.8 Å². The summed E-state index contributed by atoms with van der Waals surface area (Å²) < 4.78 is 4.66. The van der Waals surface area contributed by atoms with Crippen LogP contribution in [0.3, 0.4) is 0 Å². The lowest BCUT2D eigenvalue weighted by atomic mass is 10.2. The van der Waals surface area contributed by atoms with Gasteiger partial charge in [-0.1, -0.05) is 0 Å². The number of esters is 1. The highest BCUT2D eigenvalue weighted by atomic mass is 35.5. The minimum absolute atomic E-state index is 0. The molecule has 1 aliphatic heterocycles. The second-order valence-electron chi connectivity index (χ2n) is 3.78. The van der Waals surface area contributed by atoms with Gasteiger partial charge in [0.2, 0.25) is 0 Å². The van der Waals surface area contributed by atoms with Crippen molar-refractivity contribution in [3.8, 4) is 0 Å². The predicted molar refractivity (Wildman–Crippen MR) is 77.4 cm³/mol. The number of carbonyl (C=O) groups is 1. The van der Waals surface area contributed by atoms with Gasteiger partial charge in [-0.05, 0) is 24.3 Å². The molecule has 102 valence electrons. The molecule has 18 heavy (non-hydrogen) atoms. The first kappa shape index (κ1) is 17.0. The number of hydrogen-bond donors (Lipinski definition) is 1. The van der Waals surface area contributed by atoms with Crippen LogP contribution in [0.4, 0.5) is 5.69 Å². The number of nitrogens with one attached hydrogen (secondary N) is 1. The molecule has 0 radical (unpaired) electrons. The minimum Gasteiger partial charge on any atom is -0.465 e.